The average molecular weight is 846 g/mol. The molecule has 1 rings (SSSR count). The number of aliphatic hydroxyl groups excluding tert-OH is 3. The summed E-state index contributed by atoms with van der Waals surface area (Å²) in [7, 11) is 0. The molecule has 8 amide bonds. The molecular formula is C35H63N11O13. The van der Waals surface area contributed by atoms with Crippen molar-refractivity contribution in [2.24, 2.45) is 17.2 Å². The number of aliphatic carboxylic acids is 1. The van der Waals surface area contributed by atoms with E-state index in [1.165, 1.54) is 20.8 Å². The molecule has 0 aromatic rings. The van der Waals surface area contributed by atoms with E-state index in [0.717, 1.165) is 4.90 Å². The molecule has 17 N–H and O–H groups in total. The molecule has 0 saturated carbocycles. The molecule has 1 fully saturated rings. The van der Waals surface area contributed by atoms with Gasteiger partial charge in [-0.15, -0.1) is 0 Å². The second kappa shape index (κ2) is 26.9. The third kappa shape index (κ3) is 18.2. The summed E-state index contributed by atoms with van der Waals surface area (Å²) in [6.45, 7) is 2.36. The van der Waals surface area contributed by atoms with Crippen molar-refractivity contribution >= 4 is 53.2 Å². The van der Waals surface area contributed by atoms with E-state index in [4.69, 9.17) is 27.4 Å². The zero-order chi connectivity index (χ0) is 44.8. The molecule has 0 aliphatic carbocycles. The van der Waals surface area contributed by atoms with Gasteiger partial charge in [-0.05, 0) is 85.2 Å². The topological polar surface area (TPSA) is 400 Å². The highest BCUT2D eigenvalue weighted by Crippen LogP contribution is 2.20. The van der Waals surface area contributed by atoms with Gasteiger partial charge >= 0.3 is 5.97 Å². The number of carboxylic acid groups (broad SMARTS) is 1. The Morgan fingerprint density at radius 2 is 1.24 bits per heavy atom. The lowest BCUT2D eigenvalue weighted by molar-refractivity contribution is -0.145. The lowest BCUT2D eigenvalue weighted by Crippen LogP contribution is -2.63. The van der Waals surface area contributed by atoms with E-state index < -0.39 is 127 Å². The van der Waals surface area contributed by atoms with Gasteiger partial charge in [0.25, 0.3) is 0 Å². The molecule has 0 unspecified atom stereocenters. The Balaban J connectivity index is 3.15. The van der Waals surface area contributed by atoms with Gasteiger partial charge in [0.2, 0.25) is 47.3 Å². The summed E-state index contributed by atoms with van der Waals surface area (Å²) in [6, 6.07) is -9.51. The second-order valence-corrected chi connectivity index (χ2v) is 14.2. The van der Waals surface area contributed by atoms with E-state index in [1.54, 1.807) is 0 Å². The SMILES string of the molecule is C[C@H](NC(=O)[C@@H](N)CO)C(=O)N[C@@H](CCCCN)C(=O)N[C@H](C(=O)N[C@H](C(=O)N1CCC[C@H]1C(=O)N[C@@H](CCCCN)C(=O)NCC(=O)NCC(=O)O)[C@@H](C)O)[C@@H](C)O. The molecule has 0 radical (unpaired) electrons. The standard InChI is InChI=1S/C35H63N11O13/c1-18(41-30(54)21(38)17-47)29(53)42-23(10-5-7-13-37)32(56)44-27(19(2)48)34(58)45-28(20(3)49)35(59)46-14-8-11-24(46)33(57)43-22(9-4-6-12-36)31(55)40-15-25(50)39-16-26(51)52/h18-24,27-28,47-49H,4-17,36-38H2,1-3H3,(H,39,50)(H,40,55)(H,41,54)(H,42,53)(H,43,57)(H,44,56)(H,45,58)(H,51,52)/t18-,19+,20+,21-,22-,23-,24-,27-,28-/m0/s1. The van der Waals surface area contributed by atoms with Gasteiger partial charge in [0.15, 0.2) is 0 Å². The zero-order valence-corrected chi connectivity index (χ0v) is 33.7. The Kier molecular flexibility index (Phi) is 23.7. The number of hydrogen-bond donors (Lipinski definition) is 14. The predicted molar refractivity (Wildman–Crippen MR) is 208 cm³/mol. The Hall–Kier alpha value is -5.01. The van der Waals surface area contributed by atoms with Crippen LogP contribution in [0.2, 0.25) is 0 Å². The number of nitrogens with two attached hydrogens (primary N) is 3. The number of aliphatic hydroxyl groups is 3. The van der Waals surface area contributed by atoms with Crippen LogP contribution in [0.25, 0.3) is 0 Å². The van der Waals surface area contributed by atoms with E-state index in [1.807, 2.05) is 0 Å². The van der Waals surface area contributed by atoms with Crippen molar-refractivity contribution in [3.05, 3.63) is 0 Å². The summed E-state index contributed by atoms with van der Waals surface area (Å²) in [5, 5.41) is 55.6. The van der Waals surface area contributed by atoms with Gasteiger partial charge in [0.05, 0.1) is 25.4 Å². The van der Waals surface area contributed by atoms with Gasteiger partial charge in [-0.1, -0.05) is 0 Å². The molecule has 24 heteroatoms. The Bertz CT molecular complexity index is 1450. The van der Waals surface area contributed by atoms with Crippen molar-refractivity contribution in [2.75, 3.05) is 39.3 Å². The predicted octanol–water partition coefficient (Wildman–Crippen LogP) is -6.92. The fourth-order valence-corrected chi connectivity index (χ4v) is 5.86. The Morgan fingerprint density at radius 1 is 0.678 bits per heavy atom. The number of unbranched alkanes of at least 4 members (excludes halogenated alkanes) is 2. The van der Waals surface area contributed by atoms with Crippen LogP contribution < -0.4 is 54.4 Å². The molecule has 1 saturated heterocycles. The summed E-state index contributed by atoms with van der Waals surface area (Å²) in [4.78, 5) is 116. The molecule has 336 valence electrons. The van der Waals surface area contributed by atoms with Crippen molar-refractivity contribution < 1.29 is 63.6 Å². The number of carboxylic acids is 1. The molecule has 1 aliphatic rings. The van der Waals surface area contributed by atoms with E-state index in [9.17, 15) is 53.4 Å². The van der Waals surface area contributed by atoms with Crippen LogP contribution in [0.15, 0.2) is 0 Å². The van der Waals surface area contributed by atoms with Gasteiger partial charge in [0.1, 0.15) is 48.8 Å². The maximum absolute atomic E-state index is 13.9. The highest BCUT2D eigenvalue weighted by atomic mass is 16.4. The molecule has 9 atom stereocenters. The largest absolute Gasteiger partial charge is 0.480 e. The number of amides is 8. The molecule has 0 bridgehead atoms. The highest BCUT2D eigenvalue weighted by molar-refractivity contribution is 5.98. The minimum absolute atomic E-state index is 0.0232. The summed E-state index contributed by atoms with van der Waals surface area (Å²) in [6.07, 6.45) is -0.787. The first-order valence-electron chi connectivity index (χ1n) is 19.5. The monoisotopic (exact) mass is 845 g/mol. The van der Waals surface area contributed by atoms with Crippen molar-refractivity contribution in [3.63, 3.8) is 0 Å². The van der Waals surface area contributed by atoms with Crippen LogP contribution >= 0.6 is 0 Å². The third-order valence-electron chi connectivity index (χ3n) is 9.25. The zero-order valence-electron chi connectivity index (χ0n) is 33.7. The number of nitrogens with one attached hydrogen (secondary N) is 7. The molecule has 1 aliphatic heterocycles. The van der Waals surface area contributed by atoms with Gasteiger partial charge in [-0.2, -0.15) is 0 Å². The first-order valence-corrected chi connectivity index (χ1v) is 19.5. The number of likely N-dealkylation sites (tertiary alicyclic amines) is 1. The molecule has 0 spiro atoms. The first-order chi connectivity index (χ1) is 27.8. The van der Waals surface area contributed by atoms with Gasteiger partial charge < -0.3 is 79.7 Å². The molecule has 0 aromatic heterocycles. The third-order valence-corrected chi connectivity index (χ3v) is 9.25. The summed E-state index contributed by atoms with van der Waals surface area (Å²) in [5.41, 5.74) is 16.6. The fourth-order valence-electron chi connectivity index (χ4n) is 5.86. The van der Waals surface area contributed by atoms with Crippen molar-refractivity contribution in [3.8, 4) is 0 Å². The molecule has 24 nitrogen and oxygen atoms in total. The smallest absolute Gasteiger partial charge is 0.322 e. The summed E-state index contributed by atoms with van der Waals surface area (Å²) in [5.74, 6) is -8.08. The van der Waals surface area contributed by atoms with E-state index in [-0.39, 0.29) is 32.4 Å². The Labute approximate surface area is 341 Å². The fraction of sp³-hybridized carbons (Fsp3) is 0.743. The van der Waals surface area contributed by atoms with Crippen LogP contribution in [-0.4, -0.2) is 172 Å². The number of carbonyl (C=O) groups excluding carboxylic acids is 8. The second-order valence-electron chi connectivity index (χ2n) is 14.2. The minimum Gasteiger partial charge on any atom is -0.480 e. The summed E-state index contributed by atoms with van der Waals surface area (Å²) < 4.78 is 0. The van der Waals surface area contributed by atoms with Crippen molar-refractivity contribution in [1.82, 2.24) is 42.1 Å². The van der Waals surface area contributed by atoms with Crippen LogP contribution in [-0.2, 0) is 43.2 Å². The average Bonchev–Trinajstić information content (AvgIpc) is 3.69. The maximum atomic E-state index is 13.9. The van der Waals surface area contributed by atoms with Crippen molar-refractivity contribution in [2.45, 2.75) is 127 Å². The van der Waals surface area contributed by atoms with E-state index in [0.29, 0.717) is 38.6 Å². The minimum atomic E-state index is -1.72. The van der Waals surface area contributed by atoms with Gasteiger partial charge in [-0.3, -0.25) is 43.2 Å². The van der Waals surface area contributed by atoms with Crippen LogP contribution in [0.1, 0.15) is 72.1 Å². The molecule has 59 heavy (non-hydrogen) atoms. The van der Waals surface area contributed by atoms with Crippen molar-refractivity contribution in [1.29, 1.82) is 0 Å². The lowest BCUT2D eigenvalue weighted by atomic mass is 10.0. The van der Waals surface area contributed by atoms with Gasteiger partial charge in [0, 0.05) is 6.54 Å². The number of hydrogen-bond acceptors (Lipinski definition) is 15. The van der Waals surface area contributed by atoms with Gasteiger partial charge in [-0.25, -0.2) is 0 Å². The Morgan fingerprint density at radius 3 is 1.76 bits per heavy atom. The quantitative estimate of drug-likeness (QED) is 0.0342. The van der Waals surface area contributed by atoms with E-state index in [2.05, 4.69) is 37.2 Å². The lowest BCUT2D eigenvalue weighted by Gasteiger charge is -2.32. The van der Waals surface area contributed by atoms with Crippen LogP contribution in [0.5, 0.6) is 0 Å². The number of nitrogens with zero attached hydrogens (tertiary/aromatic N) is 1. The normalized spacial score (nSPS) is 17.7. The number of carbonyl (C=O) groups is 9. The molecule has 1 heterocycles. The number of rotatable bonds is 27. The van der Waals surface area contributed by atoms with Crippen LogP contribution in [0.4, 0.5) is 0 Å². The van der Waals surface area contributed by atoms with E-state index >= 15 is 0 Å². The highest BCUT2D eigenvalue weighted by Gasteiger charge is 2.41. The first kappa shape index (κ1) is 52.0. The summed E-state index contributed by atoms with van der Waals surface area (Å²) >= 11 is 0. The molecular weight excluding hydrogens is 782 g/mol. The molecule has 0 aromatic carbocycles. The van der Waals surface area contributed by atoms with Crippen LogP contribution in [0, 0.1) is 0 Å². The maximum Gasteiger partial charge on any atom is 0.322 e. The van der Waals surface area contributed by atoms with Crippen LogP contribution in [0.3, 0.4) is 0 Å².